The van der Waals surface area contributed by atoms with Crippen molar-refractivity contribution >= 4 is 16.8 Å². The van der Waals surface area contributed by atoms with E-state index >= 15 is 0 Å². The van der Waals surface area contributed by atoms with E-state index in [-0.39, 0.29) is 11.9 Å². The second-order valence-electron chi connectivity index (χ2n) is 7.12. The van der Waals surface area contributed by atoms with Crippen molar-refractivity contribution in [3.63, 3.8) is 0 Å². The highest BCUT2D eigenvalue weighted by atomic mass is 16.5. The van der Waals surface area contributed by atoms with E-state index in [0.29, 0.717) is 0 Å². The van der Waals surface area contributed by atoms with Crippen LogP contribution in [-0.4, -0.2) is 17.6 Å². The SMILES string of the molecule is COc1ccc(C(NC(C)=O)c2cn(Cc3ccccc3)c3ccccc23)cc1. The van der Waals surface area contributed by atoms with Crippen molar-refractivity contribution in [2.75, 3.05) is 7.11 Å². The van der Waals surface area contributed by atoms with Gasteiger partial charge in [0.15, 0.2) is 0 Å². The number of nitrogens with zero attached hydrogens (tertiary/aromatic N) is 1. The molecule has 1 N–H and O–H groups in total. The number of nitrogens with one attached hydrogen (secondary N) is 1. The fourth-order valence-corrected chi connectivity index (χ4v) is 3.76. The summed E-state index contributed by atoms with van der Waals surface area (Å²) in [5.74, 6) is 0.729. The third kappa shape index (κ3) is 4.02. The van der Waals surface area contributed by atoms with Crippen molar-refractivity contribution < 1.29 is 9.53 Å². The topological polar surface area (TPSA) is 43.3 Å². The van der Waals surface area contributed by atoms with E-state index < -0.39 is 0 Å². The molecular formula is C25H24N2O2. The maximum Gasteiger partial charge on any atom is 0.217 e. The van der Waals surface area contributed by atoms with Crippen LogP contribution in [0.5, 0.6) is 5.75 Å². The molecule has 0 bridgehead atoms. The molecule has 0 radical (unpaired) electrons. The zero-order chi connectivity index (χ0) is 20.2. The van der Waals surface area contributed by atoms with Crippen LogP contribution in [0.3, 0.4) is 0 Å². The van der Waals surface area contributed by atoms with Gasteiger partial charge in [-0.05, 0) is 29.3 Å². The van der Waals surface area contributed by atoms with E-state index in [1.54, 1.807) is 14.0 Å². The van der Waals surface area contributed by atoms with E-state index in [1.807, 2.05) is 42.5 Å². The summed E-state index contributed by atoms with van der Waals surface area (Å²) in [7, 11) is 1.65. The maximum atomic E-state index is 12.0. The van der Waals surface area contributed by atoms with Crippen LogP contribution in [0.1, 0.15) is 29.7 Å². The molecule has 3 aromatic carbocycles. The largest absolute Gasteiger partial charge is 0.497 e. The number of hydrogen-bond donors (Lipinski definition) is 1. The molecule has 0 spiro atoms. The summed E-state index contributed by atoms with van der Waals surface area (Å²) in [6.45, 7) is 2.33. The summed E-state index contributed by atoms with van der Waals surface area (Å²) in [6, 6.07) is 26.3. The summed E-state index contributed by atoms with van der Waals surface area (Å²) < 4.78 is 7.53. The molecule has 29 heavy (non-hydrogen) atoms. The van der Waals surface area contributed by atoms with Crippen LogP contribution in [0.4, 0.5) is 0 Å². The number of rotatable bonds is 6. The van der Waals surface area contributed by atoms with Gasteiger partial charge in [0.25, 0.3) is 0 Å². The Morgan fingerprint density at radius 2 is 1.66 bits per heavy atom. The standard InChI is InChI=1S/C25H24N2O2/c1-18(28)26-25(20-12-14-21(29-2)15-13-20)23-17-27(16-19-8-4-3-5-9-19)24-11-7-6-10-22(23)24/h3-15,17,25H,16H2,1-2H3,(H,26,28). The van der Waals surface area contributed by atoms with E-state index in [0.717, 1.165) is 34.3 Å². The fourth-order valence-electron chi connectivity index (χ4n) is 3.76. The van der Waals surface area contributed by atoms with Gasteiger partial charge in [0.1, 0.15) is 5.75 Å². The lowest BCUT2D eigenvalue weighted by Crippen LogP contribution is -2.26. The van der Waals surface area contributed by atoms with Crippen LogP contribution in [0, 0.1) is 0 Å². The number of fused-ring (bicyclic) bond motifs is 1. The molecule has 0 fully saturated rings. The third-order valence-corrected chi connectivity index (χ3v) is 5.12. The number of methoxy groups -OCH3 is 1. The summed E-state index contributed by atoms with van der Waals surface area (Å²) >= 11 is 0. The predicted molar refractivity (Wildman–Crippen MR) is 116 cm³/mol. The molecule has 0 saturated carbocycles. The first-order valence-electron chi connectivity index (χ1n) is 9.68. The molecule has 1 heterocycles. The number of carbonyl (C=O) groups excluding carboxylic acids is 1. The zero-order valence-corrected chi connectivity index (χ0v) is 16.6. The summed E-state index contributed by atoms with van der Waals surface area (Å²) in [5, 5.41) is 4.26. The van der Waals surface area contributed by atoms with Gasteiger partial charge in [-0.1, -0.05) is 60.7 Å². The van der Waals surface area contributed by atoms with Crippen LogP contribution in [0.2, 0.25) is 0 Å². The Bertz CT molecular complexity index is 1110. The first-order chi connectivity index (χ1) is 14.2. The predicted octanol–water partition coefficient (Wildman–Crippen LogP) is 4.92. The lowest BCUT2D eigenvalue weighted by atomic mass is 9.98. The second kappa shape index (κ2) is 8.23. The lowest BCUT2D eigenvalue weighted by Gasteiger charge is -2.18. The van der Waals surface area contributed by atoms with Crippen LogP contribution in [0.25, 0.3) is 10.9 Å². The molecule has 0 aliphatic rings. The van der Waals surface area contributed by atoms with Gasteiger partial charge < -0.3 is 14.6 Å². The number of hydrogen-bond acceptors (Lipinski definition) is 2. The van der Waals surface area contributed by atoms with Gasteiger partial charge in [-0.3, -0.25) is 4.79 Å². The molecule has 1 aromatic heterocycles. The Labute approximate surface area is 170 Å². The van der Waals surface area contributed by atoms with Crippen LogP contribution >= 0.6 is 0 Å². The van der Waals surface area contributed by atoms with Gasteiger partial charge in [-0.2, -0.15) is 0 Å². The third-order valence-electron chi connectivity index (χ3n) is 5.12. The average Bonchev–Trinajstić information content (AvgIpc) is 3.11. The Morgan fingerprint density at radius 3 is 2.34 bits per heavy atom. The van der Waals surface area contributed by atoms with E-state index in [9.17, 15) is 4.79 Å². The monoisotopic (exact) mass is 384 g/mol. The molecule has 4 heteroatoms. The molecule has 4 nitrogen and oxygen atoms in total. The summed E-state index contributed by atoms with van der Waals surface area (Å²) in [4.78, 5) is 12.0. The van der Waals surface area contributed by atoms with Gasteiger partial charge in [-0.15, -0.1) is 0 Å². The quantitative estimate of drug-likeness (QED) is 0.513. The van der Waals surface area contributed by atoms with Gasteiger partial charge in [0.05, 0.1) is 13.2 Å². The molecular weight excluding hydrogens is 360 g/mol. The van der Waals surface area contributed by atoms with E-state index in [1.165, 1.54) is 5.56 Å². The molecule has 0 aliphatic heterocycles. The van der Waals surface area contributed by atoms with Crippen LogP contribution in [0.15, 0.2) is 85.1 Å². The zero-order valence-electron chi connectivity index (χ0n) is 16.6. The molecule has 146 valence electrons. The molecule has 0 aliphatic carbocycles. The first kappa shape index (κ1) is 18.8. The number of amides is 1. The van der Waals surface area contributed by atoms with Crippen molar-refractivity contribution in [2.45, 2.75) is 19.5 Å². The van der Waals surface area contributed by atoms with Crippen molar-refractivity contribution in [3.05, 3.63) is 102 Å². The Hall–Kier alpha value is -3.53. The van der Waals surface area contributed by atoms with Crippen LogP contribution in [-0.2, 0) is 11.3 Å². The minimum atomic E-state index is -0.236. The molecule has 1 atom stereocenters. The summed E-state index contributed by atoms with van der Waals surface area (Å²) in [5.41, 5.74) is 4.48. The lowest BCUT2D eigenvalue weighted by molar-refractivity contribution is -0.119. The Kier molecular flexibility index (Phi) is 5.34. The first-order valence-corrected chi connectivity index (χ1v) is 9.68. The van der Waals surface area contributed by atoms with E-state index in [4.69, 9.17) is 4.74 Å². The van der Waals surface area contributed by atoms with Crippen molar-refractivity contribution in [3.8, 4) is 5.75 Å². The number of ether oxygens (including phenoxy) is 1. The fraction of sp³-hybridized carbons (Fsp3) is 0.160. The minimum Gasteiger partial charge on any atom is -0.497 e. The van der Waals surface area contributed by atoms with Crippen molar-refractivity contribution in [2.24, 2.45) is 0 Å². The number of para-hydroxylation sites is 1. The number of aromatic nitrogens is 1. The van der Waals surface area contributed by atoms with Crippen molar-refractivity contribution in [1.82, 2.24) is 9.88 Å². The molecule has 0 saturated heterocycles. The van der Waals surface area contributed by atoms with Gasteiger partial charge in [-0.25, -0.2) is 0 Å². The number of carbonyl (C=O) groups is 1. The molecule has 4 rings (SSSR count). The van der Waals surface area contributed by atoms with Gasteiger partial charge in [0, 0.05) is 36.1 Å². The summed E-state index contributed by atoms with van der Waals surface area (Å²) in [6.07, 6.45) is 2.16. The highest BCUT2D eigenvalue weighted by Gasteiger charge is 2.21. The maximum absolute atomic E-state index is 12.0. The molecule has 1 amide bonds. The van der Waals surface area contributed by atoms with E-state index in [2.05, 4.69) is 52.5 Å². The normalized spacial score (nSPS) is 11.9. The van der Waals surface area contributed by atoms with Crippen molar-refractivity contribution in [1.29, 1.82) is 0 Å². The number of benzene rings is 3. The highest BCUT2D eigenvalue weighted by molar-refractivity contribution is 5.86. The molecule has 4 aromatic rings. The average molecular weight is 384 g/mol. The highest BCUT2D eigenvalue weighted by Crippen LogP contribution is 2.32. The van der Waals surface area contributed by atoms with Gasteiger partial charge in [0.2, 0.25) is 5.91 Å². The Morgan fingerprint density at radius 1 is 0.966 bits per heavy atom. The van der Waals surface area contributed by atoms with Crippen LogP contribution < -0.4 is 10.1 Å². The van der Waals surface area contributed by atoms with Gasteiger partial charge >= 0.3 is 0 Å². The minimum absolute atomic E-state index is 0.0642. The molecule has 1 unspecified atom stereocenters. The second-order valence-corrected chi connectivity index (χ2v) is 7.12. The smallest absolute Gasteiger partial charge is 0.217 e. The Balaban J connectivity index is 1.81.